The lowest BCUT2D eigenvalue weighted by atomic mass is 9.92. The first-order chi connectivity index (χ1) is 13.2. The second-order valence-electron chi connectivity index (χ2n) is 7.80. The topological polar surface area (TPSA) is 35.0 Å². The van der Waals surface area contributed by atoms with Gasteiger partial charge in [-0.25, -0.2) is 4.98 Å². The highest BCUT2D eigenvalue weighted by Gasteiger charge is 2.19. The zero-order valence-electron chi connectivity index (χ0n) is 16.9. The lowest BCUT2D eigenvalue weighted by Crippen LogP contribution is -2.14. The van der Waals surface area contributed by atoms with Crippen molar-refractivity contribution in [2.45, 2.75) is 50.9 Å². The number of nitrogens with zero attached hydrogens (tertiary/aromatic N) is 2. The minimum absolute atomic E-state index is 0.109. The van der Waals surface area contributed by atoms with Crippen LogP contribution in [-0.4, -0.2) is 9.97 Å². The van der Waals surface area contributed by atoms with Crippen LogP contribution in [0.3, 0.4) is 0 Å². The van der Waals surface area contributed by atoms with Crippen LogP contribution in [0.15, 0.2) is 53.7 Å². The Labute approximate surface area is 176 Å². The average Bonchev–Trinajstić information content (AvgIpc) is 2.64. The van der Waals surface area contributed by atoms with Gasteiger partial charge in [0.05, 0.1) is 5.69 Å². The first-order valence-electron chi connectivity index (χ1n) is 9.24. The second-order valence-corrected chi connectivity index (χ2v) is 9.15. The van der Waals surface area contributed by atoms with Gasteiger partial charge in [0, 0.05) is 22.3 Å². The number of thioether (sulfide) groups is 1. The van der Waals surface area contributed by atoms with Gasteiger partial charge in [-0.15, -0.1) is 0 Å². The highest BCUT2D eigenvalue weighted by atomic mass is 35.5. The predicted molar refractivity (Wildman–Crippen MR) is 118 cm³/mol. The quantitative estimate of drug-likeness (QED) is 0.329. The molecule has 2 aromatic carbocycles. The zero-order valence-corrected chi connectivity index (χ0v) is 18.5. The lowest BCUT2D eigenvalue weighted by molar-refractivity contribution is 0.443. The van der Waals surface area contributed by atoms with Crippen molar-refractivity contribution in [1.82, 2.24) is 9.97 Å². The molecule has 1 heterocycles. The van der Waals surface area contributed by atoms with Gasteiger partial charge in [-0.3, -0.25) is 0 Å². The molecule has 0 N–H and O–H groups in total. The monoisotopic (exact) mass is 412 g/mol. The van der Waals surface area contributed by atoms with Crippen LogP contribution in [0.5, 0.6) is 11.6 Å². The van der Waals surface area contributed by atoms with Crippen LogP contribution < -0.4 is 4.74 Å². The van der Waals surface area contributed by atoms with Crippen molar-refractivity contribution in [1.29, 1.82) is 0 Å². The largest absolute Gasteiger partial charge is 0.439 e. The smallest absolute Gasteiger partial charge is 0.223 e. The highest BCUT2D eigenvalue weighted by molar-refractivity contribution is 7.98. The van der Waals surface area contributed by atoms with Crippen molar-refractivity contribution < 1.29 is 4.74 Å². The van der Waals surface area contributed by atoms with Gasteiger partial charge in [-0.1, -0.05) is 74.5 Å². The van der Waals surface area contributed by atoms with Crippen molar-refractivity contribution in [3.8, 4) is 11.6 Å². The number of rotatable bonds is 5. The number of ether oxygens (including phenoxy) is 1. The Kier molecular flexibility index (Phi) is 6.31. The molecular weight excluding hydrogens is 388 g/mol. The molecule has 0 spiro atoms. The van der Waals surface area contributed by atoms with Gasteiger partial charge in [-0.05, 0) is 42.7 Å². The molecule has 3 aromatic rings. The molecular formula is C23H25ClN2OS. The molecule has 1 aromatic heterocycles. The van der Waals surface area contributed by atoms with Gasteiger partial charge in [0.1, 0.15) is 5.75 Å². The Bertz CT molecular complexity index is 983. The molecule has 0 atom stereocenters. The molecule has 0 amide bonds. The Morgan fingerprint density at radius 1 is 1.00 bits per heavy atom. The van der Waals surface area contributed by atoms with E-state index in [1.165, 1.54) is 5.56 Å². The molecule has 3 nitrogen and oxygen atoms in total. The third kappa shape index (κ3) is 5.06. The molecule has 146 valence electrons. The molecule has 0 aliphatic carbocycles. The summed E-state index contributed by atoms with van der Waals surface area (Å²) in [7, 11) is 0. The van der Waals surface area contributed by atoms with E-state index in [9.17, 15) is 0 Å². The number of halogens is 1. The van der Waals surface area contributed by atoms with E-state index in [0.717, 1.165) is 27.6 Å². The molecule has 28 heavy (non-hydrogen) atoms. The van der Waals surface area contributed by atoms with Crippen LogP contribution >= 0.6 is 23.4 Å². The fraction of sp³-hybridized carbons (Fsp3) is 0.304. The van der Waals surface area contributed by atoms with Crippen LogP contribution in [0.4, 0.5) is 0 Å². The summed E-state index contributed by atoms with van der Waals surface area (Å²) < 4.78 is 6.15. The summed E-state index contributed by atoms with van der Waals surface area (Å²) in [6, 6.07) is 15.8. The maximum absolute atomic E-state index is 6.29. The molecule has 0 radical (unpaired) electrons. The number of benzene rings is 2. The Balaban J connectivity index is 1.91. The van der Waals surface area contributed by atoms with E-state index in [4.69, 9.17) is 21.3 Å². The minimum atomic E-state index is -0.109. The minimum Gasteiger partial charge on any atom is -0.439 e. The normalized spacial score (nSPS) is 11.5. The van der Waals surface area contributed by atoms with Crippen molar-refractivity contribution >= 4 is 23.4 Å². The molecule has 0 saturated heterocycles. The van der Waals surface area contributed by atoms with Crippen LogP contribution in [0.2, 0.25) is 5.02 Å². The second kappa shape index (κ2) is 8.54. The lowest BCUT2D eigenvalue weighted by Gasteiger charge is -2.19. The summed E-state index contributed by atoms with van der Waals surface area (Å²) >= 11 is 7.85. The number of hydrogen-bond acceptors (Lipinski definition) is 4. The third-order valence-electron chi connectivity index (χ3n) is 4.53. The van der Waals surface area contributed by atoms with E-state index in [1.807, 2.05) is 42.5 Å². The fourth-order valence-electron chi connectivity index (χ4n) is 2.61. The standard InChI is InChI=1S/C23H25ClN2OS/c1-15-9-8-12-19(16(15)2)27-21-13-20(23(3,4)5)25-22(26-21)28-14-17-10-6-7-11-18(17)24/h6-13H,14H2,1-5H3. The fourth-order valence-corrected chi connectivity index (χ4v) is 3.75. The van der Waals surface area contributed by atoms with Gasteiger partial charge in [0.15, 0.2) is 5.16 Å². The average molecular weight is 413 g/mol. The number of aryl methyl sites for hydroxylation is 1. The first kappa shape index (κ1) is 20.7. The van der Waals surface area contributed by atoms with Crippen molar-refractivity contribution in [3.63, 3.8) is 0 Å². The van der Waals surface area contributed by atoms with Crippen LogP contribution in [-0.2, 0) is 11.2 Å². The molecule has 0 bridgehead atoms. The van der Waals surface area contributed by atoms with Gasteiger partial charge < -0.3 is 4.74 Å². The molecule has 5 heteroatoms. The van der Waals surface area contributed by atoms with E-state index in [-0.39, 0.29) is 5.41 Å². The van der Waals surface area contributed by atoms with E-state index >= 15 is 0 Å². The summed E-state index contributed by atoms with van der Waals surface area (Å²) in [5.74, 6) is 2.09. The number of aromatic nitrogens is 2. The van der Waals surface area contributed by atoms with Gasteiger partial charge >= 0.3 is 0 Å². The van der Waals surface area contributed by atoms with E-state index in [1.54, 1.807) is 11.8 Å². The predicted octanol–water partition coefficient (Wildman–Crippen LogP) is 7.13. The van der Waals surface area contributed by atoms with Crippen molar-refractivity contribution in [3.05, 3.63) is 75.9 Å². The summed E-state index contributed by atoms with van der Waals surface area (Å²) in [5.41, 5.74) is 4.21. The van der Waals surface area contributed by atoms with E-state index < -0.39 is 0 Å². The van der Waals surface area contributed by atoms with Crippen LogP contribution in [0, 0.1) is 13.8 Å². The molecule has 0 fully saturated rings. The van der Waals surface area contributed by atoms with Crippen molar-refractivity contribution in [2.75, 3.05) is 0 Å². The van der Waals surface area contributed by atoms with Gasteiger partial charge in [-0.2, -0.15) is 4.98 Å². The number of hydrogen-bond donors (Lipinski definition) is 0. The molecule has 3 rings (SSSR count). The maximum Gasteiger partial charge on any atom is 0.223 e. The Morgan fingerprint density at radius 3 is 2.46 bits per heavy atom. The summed E-state index contributed by atoms with van der Waals surface area (Å²) in [5, 5.41) is 1.45. The third-order valence-corrected chi connectivity index (χ3v) is 5.80. The summed E-state index contributed by atoms with van der Waals surface area (Å²) in [6.07, 6.45) is 0. The van der Waals surface area contributed by atoms with E-state index in [0.29, 0.717) is 16.8 Å². The van der Waals surface area contributed by atoms with E-state index in [2.05, 4.69) is 45.7 Å². The summed E-state index contributed by atoms with van der Waals surface area (Å²) in [4.78, 5) is 9.40. The van der Waals surface area contributed by atoms with Crippen molar-refractivity contribution in [2.24, 2.45) is 0 Å². The van der Waals surface area contributed by atoms with Crippen LogP contribution in [0.1, 0.15) is 43.2 Å². The Hall–Kier alpha value is -2.04. The van der Waals surface area contributed by atoms with Gasteiger partial charge in [0.2, 0.25) is 5.88 Å². The van der Waals surface area contributed by atoms with Crippen LogP contribution in [0.25, 0.3) is 0 Å². The first-order valence-corrected chi connectivity index (χ1v) is 10.6. The molecule has 0 aliphatic rings. The molecule has 0 aliphatic heterocycles. The SMILES string of the molecule is Cc1cccc(Oc2cc(C(C)(C)C)nc(SCc3ccccc3Cl)n2)c1C. The molecule has 0 unspecified atom stereocenters. The maximum atomic E-state index is 6.29. The Morgan fingerprint density at radius 2 is 1.75 bits per heavy atom. The summed E-state index contributed by atoms with van der Waals surface area (Å²) in [6.45, 7) is 10.6. The zero-order chi connectivity index (χ0) is 20.3. The van der Waals surface area contributed by atoms with Gasteiger partial charge in [0.25, 0.3) is 0 Å². The molecule has 0 saturated carbocycles. The highest BCUT2D eigenvalue weighted by Crippen LogP contribution is 2.32.